The van der Waals surface area contributed by atoms with Gasteiger partial charge in [0.25, 0.3) is 0 Å². The second-order valence-electron chi connectivity index (χ2n) is 10.2. The smallest absolute Gasteiger partial charge is 0.191 e. The molecule has 0 unspecified atom stereocenters. The van der Waals surface area contributed by atoms with E-state index in [0.717, 1.165) is 44.2 Å². The minimum Gasteiger partial charge on any atom is -0.459 e. The van der Waals surface area contributed by atoms with E-state index in [2.05, 4.69) is 40.8 Å². The van der Waals surface area contributed by atoms with E-state index < -0.39 is 6.85 Å². The molecule has 0 atom stereocenters. The van der Waals surface area contributed by atoms with Gasteiger partial charge in [0.15, 0.2) is 5.69 Å². The number of nitrogens with zero attached hydrogens (tertiary/aromatic N) is 5. The number of pyridine rings is 1. The van der Waals surface area contributed by atoms with Crippen molar-refractivity contribution in [3.05, 3.63) is 138 Å². The fourth-order valence-electron chi connectivity index (χ4n) is 5.66. The zero-order valence-electron chi connectivity index (χ0n) is 26.0. The molecular weight excluding hydrogens is 518 g/mol. The molecule has 0 aliphatic heterocycles. The molecular formula is C36H27N5O. The Hall–Kier alpha value is -5.67. The number of aryl methyl sites for hydroxylation is 3. The van der Waals surface area contributed by atoms with Crippen LogP contribution in [0.25, 0.3) is 49.5 Å². The van der Waals surface area contributed by atoms with Gasteiger partial charge >= 0.3 is 0 Å². The van der Waals surface area contributed by atoms with Gasteiger partial charge in [0.1, 0.15) is 23.1 Å². The van der Waals surface area contributed by atoms with Crippen molar-refractivity contribution in [2.24, 2.45) is 0 Å². The number of benzene rings is 4. The van der Waals surface area contributed by atoms with Crippen LogP contribution >= 0.6 is 0 Å². The molecule has 42 heavy (non-hydrogen) atoms. The van der Waals surface area contributed by atoms with E-state index >= 15 is 0 Å². The van der Waals surface area contributed by atoms with Crippen LogP contribution in [0.5, 0.6) is 11.5 Å². The first-order chi connectivity index (χ1) is 21.7. The lowest BCUT2D eigenvalue weighted by molar-refractivity contribution is 0.484. The lowest BCUT2D eigenvalue weighted by Crippen LogP contribution is -2.01. The topological polar surface area (TPSA) is 49.2 Å². The predicted octanol–water partition coefficient (Wildman–Crippen LogP) is 9.30. The van der Waals surface area contributed by atoms with Gasteiger partial charge in [-0.1, -0.05) is 36.4 Å². The molecule has 3 aromatic heterocycles. The number of hydrogen-bond donors (Lipinski definition) is 0. The second-order valence-corrected chi connectivity index (χ2v) is 10.2. The zero-order chi connectivity index (χ0) is 31.3. The van der Waals surface area contributed by atoms with Crippen LogP contribution in [0.3, 0.4) is 0 Å². The van der Waals surface area contributed by atoms with Gasteiger partial charge in [-0.25, -0.2) is 14.8 Å². The van der Waals surface area contributed by atoms with E-state index in [4.69, 9.17) is 15.4 Å². The molecule has 0 saturated heterocycles. The molecule has 0 saturated carbocycles. The third-order valence-electron chi connectivity index (χ3n) is 7.46. The van der Waals surface area contributed by atoms with Crippen LogP contribution in [-0.2, 0) is 0 Å². The Morgan fingerprint density at radius 1 is 0.786 bits per heavy atom. The molecule has 0 amide bonds. The summed E-state index contributed by atoms with van der Waals surface area (Å²) in [5.74, 6) is 2.27. The van der Waals surface area contributed by atoms with E-state index in [1.807, 2.05) is 76.0 Å². The molecule has 202 valence electrons. The van der Waals surface area contributed by atoms with E-state index in [1.54, 1.807) is 18.3 Å². The van der Waals surface area contributed by atoms with Crippen LogP contribution in [0, 0.1) is 27.3 Å². The number of para-hydroxylation sites is 2. The highest BCUT2D eigenvalue weighted by Gasteiger charge is 2.16. The van der Waals surface area contributed by atoms with Crippen molar-refractivity contribution in [2.45, 2.75) is 20.7 Å². The van der Waals surface area contributed by atoms with Crippen LogP contribution in [-0.4, -0.2) is 19.1 Å². The van der Waals surface area contributed by atoms with E-state index in [-0.39, 0.29) is 5.56 Å². The summed E-state index contributed by atoms with van der Waals surface area (Å²) in [7, 11) is 0. The SMILES string of the molecule is [2H]C([2H])([2H])c1ccnc(-n2c3ccccc3c3ccc(Oc4cc([N+]#[C-])cc(-c5nccn5-c5c(C)cccc5C)c4)cc32)c1. The van der Waals surface area contributed by atoms with Crippen LogP contribution in [0.1, 0.15) is 20.8 Å². The van der Waals surface area contributed by atoms with Crippen molar-refractivity contribution in [3.63, 3.8) is 0 Å². The summed E-state index contributed by atoms with van der Waals surface area (Å²) in [5.41, 5.74) is 6.41. The van der Waals surface area contributed by atoms with Crippen LogP contribution in [0.4, 0.5) is 5.69 Å². The molecule has 0 aliphatic rings. The second kappa shape index (κ2) is 10.1. The first kappa shape index (κ1) is 22.1. The summed E-state index contributed by atoms with van der Waals surface area (Å²) >= 11 is 0. The predicted molar refractivity (Wildman–Crippen MR) is 168 cm³/mol. The third-order valence-corrected chi connectivity index (χ3v) is 7.46. The Morgan fingerprint density at radius 2 is 1.62 bits per heavy atom. The summed E-state index contributed by atoms with van der Waals surface area (Å²) < 4.78 is 34.2. The summed E-state index contributed by atoms with van der Waals surface area (Å²) in [4.78, 5) is 12.9. The molecule has 7 rings (SSSR count). The summed E-state index contributed by atoms with van der Waals surface area (Å²) in [6.45, 7) is 9.65. The molecule has 7 aromatic rings. The highest BCUT2D eigenvalue weighted by Crippen LogP contribution is 2.37. The lowest BCUT2D eigenvalue weighted by atomic mass is 10.1. The lowest BCUT2D eigenvalue weighted by Gasteiger charge is -2.15. The third kappa shape index (κ3) is 4.29. The Kier molecular flexibility index (Phi) is 5.29. The standard InChI is InChI=1S/C36H27N5O/c1-23-14-15-38-34(18-23)41-32-11-6-5-10-30(32)31-13-12-28(22-33(31)41)42-29-20-26(19-27(21-29)37-4)36-39-16-17-40(36)35-24(2)8-7-9-25(35)3/h5-22H,1-3H3/i1D3. The molecule has 0 spiro atoms. The van der Waals surface area contributed by atoms with Gasteiger partial charge in [-0.15, -0.1) is 0 Å². The molecule has 0 bridgehead atoms. The number of imidazole rings is 1. The number of aromatic nitrogens is 4. The van der Waals surface area contributed by atoms with Crippen LogP contribution in [0.2, 0.25) is 0 Å². The summed E-state index contributed by atoms with van der Waals surface area (Å²) in [6.07, 6.45) is 5.21. The van der Waals surface area contributed by atoms with Gasteiger partial charge in [0, 0.05) is 45.1 Å². The van der Waals surface area contributed by atoms with Crippen molar-refractivity contribution in [3.8, 4) is 34.4 Å². The van der Waals surface area contributed by atoms with Crippen molar-refractivity contribution in [1.29, 1.82) is 0 Å². The molecule has 6 heteroatoms. The van der Waals surface area contributed by atoms with Gasteiger partial charge in [0.05, 0.1) is 23.3 Å². The number of hydrogen-bond acceptors (Lipinski definition) is 3. The highest BCUT2D eigenvalue weighted by atomic mass is 16.5. The summed E-state index contributed by atoms with van der Waals surface area (Å²) in [5, 5.41) is 1.99. The Morgan fingerprint density at radius 3 is 2.45 bits per heavy atom. The van der Waals surface area contributed by atoms with Gasteiger partial charge in [-0.2, -0.15) is 0 Å². The van der Waals surface area contributed by atoms with E-state index in [1.165, 1.54) is 12.3 Å². The molecule has 0 aliphatic carbocycles. The molecule has 4 aromatic carbocycles. The van der Waals surface area contributed by atoms with Crippen molar-refractivity contribution in [2.75, 3.05) is 0 Å². The van der Waals surface area contributed by atoms with Crippen molar-refractivity contribution in [1.82, 2.24) is 19.1 Å². The first-order valence-corrected chi connectivity index (χ1v) is 13.5. The fraction of sp³-hybridized carbons (Fsp3) is 0.0833. The quantitative estimate of drug-likeness (QED) is 0.201. The van der Waals surface area contributed by atoms with Crippen molar-refractivity contribution >= 4 is 27.5 Å². The highest BCUT2D eigenvalue weighted by molar-refractivity contribution is 6.09. The number of ether oxygens (including phenoxy) is 1. The largest absolute Gasteiger partial charge is 0.459 e. The molecule has 3 heterocycles. The average Bonchev–Trinajstić information content (AvgIpc) is 3.63. The monoisotopic (exact) mass is 548 g/mol. The maximum Gasteiger partial charge on any atom is 0.191 e. The molecule has 0 fully saturated rings. The Bertz CT molecular complexity index is 2270. The van der Waals surface area contributed by atoms with Gasteiger partial charge < -0.3 is 4.74 Å². The maximum absolute atomic E-state index is 7.91. The van der Waals surface area contributed by atoms with E-state index in [0.29, 0.717) is 28.8 Å². The van der Waals surface area contributed by atoms with E-state index in [9.17, 15) is 0 Å². The first-order valence-electron chi connectivity index (χ1n) is 15.0. The van der Waals surface area contributed by atoms with Crippen LogP contribution < -0.4 is 4.74 Å². The number of rotatable bonds is 5. The minimum atomic E-state index is -2.26. The molecule has 0 N–H and O–H groups in total. The van der Waals surface area contributed by atoms with Gasteiger partial charge in [0.2, 0.25) is 0 Å². The van der Waals surface area contributed by atoms with Gasteiger partial charge in [-0.3, -0.25) is 9.13 Å². The van der Waals surface area contributed by atoms with Gasteiger partial charge in [-0.05, 0) is 85.9 Å². The normalized spacial score (nSPS) is 12.5. The van der Waals surface area contributed by atoms with Crippen LogP contribution in [0.15, 0.2) is 110 Å². The Labute approximate surface area is 248 Å². The Balaban J connectivity index is 1.34. The minimum absolute atomic E-state index is 0.216. The summed E-state index contributed by atoms with van der Waals surface area (Å²) in [6, 6.07) is 28.5. The maximum atomic E-state index is 7.91. The molecule has 0 radical (unpaired) electrons. The molecule has 6 nitrogen and oxygen atoms in total. The fourth-order valence-corrected chi connectivity index (χ4v) is 5.66. The van der Waals surface area contributed by atoms with Crippen molar-refractivity contribution < 1.29 is 8.85 Å². The number of fused-ring (bicyclic) bond motifs is 3. The average molecular weight is 549 g/mol. The zero-order valence-corrected chi connectivity index (χ0v) is 23.0.